The van der Waals surface area contributed by atoms with Crippen molar-refractivity contribution in [1.82, 2.24) is 0 Å². The molecular formula is C9H7F3O2. The van der Waals surface area contributed by atoms with Crippen LogP contribution in [0.3, 0.4) is 0 Å². The van der Waals surface area contributed by atoms with Crippen molar-refractivity contribution in [3.8, 4) is 5.75 Å². The van der Waals surface area contributed by atoms with Gasteiger partial charge in [-0.15, -0.1) is 0 Å². The molecular weight excluding hydrogens is 197 g/mol. The van der Waals surface area contributed by atoms with Crippen molar-refractivity contribution >= 4 is 5.78 Å². The van der Waals surface area contributed by atoms with Crippen molar-refractivity contribution in [1.29, 1.82) is 0 Å². The van der Waals surface area contributed by atoms with Crippen LogP contribution in [0.5, 0.6) is 5.75 Å². The third-order valence-electron chi connectivity index (χ3n) is 1.53. The van der Waals surface area contributed by atoms with Crippen LogP contribution in [0.1, 0.15) is 16.8 Å². The summed E-state index contributed by atoms with van der Waals surface area (Å²) in [5.74, 6) is -1.27. The number of phenols is 1. The fraction of sp³-hybridized carbons (Fsp3) is 0.222. The van der Waals surface area contributed by atoms with E-state index in [1.54, 1.807) is 0 Å². The summed E-state index contributed by atoms with van der Waals surface area (Å²) < 4.78 is 35.4. The van der Waals surface area contributed by atoms with Crippen LogP contribution in [0, 0.1) is 0 Å². The van der Waals surface area contributed by atoms with Crippen LogP contribution in [-0.2, 0) is 0 Å². The molecule has 0 heterocycles. The maximum Gasteiger partial charge on any atom is 0.396 e. The SMILES string of the molecule is O=C(CC(F)(F)F)c1cccc(O)c1. The Hall–Kier alpha value is -1.52. The summed E-state index contributed by atoms with van der Waals surface area (Å²) in [5, 5.41) is 8.93. The van der Waals surface area contributed by atoms with Gasteiger partial charge in [0.1, 0.15) is 12.2 Å². The number of alkyl halides is 3. The third kappa shape index (κ3) is 3.08. The number of phenolic OH excluding ortho intramolecular Hbond substituents is 1. The standard InChI is InChI=1S/C9H7F3O2/c10-9(11,12)5-8(14)6-2-1-3-7(13)4-6/h1-4,13H,5H2. The van der Waals surface area contributed by atoms with E-state index in [1.807, 2.05) is 0 Å². The first-order chi connectivity index (χ1) is 6.38. The Morgan fingerprint density at radius 2 is 2.00 bits per heavy atom. The number of carbonyl (C=O) groups is 1. The highest BCUT2D eigenvalue weighted by Gasteiger charge is 2.31. The van der Waals surface area contributed by atoms with E-state index in [1.165, 1.54) is 18.2 Å². The van der Waals surface area contributed by atoms with Gasteiger partial charge in [0.25, 0.3) is 0 Å². The highest BCUT2D eigenvalue weighted by atomic mass is 19.4. The predicted molar refractivity (Wildman–Crippen MR) is 43.1 cm³/mol. The molecule has 0 bridgehead atoms. The van der Waals surface area contributed by atoms with E-state index >= 15 is 0 Å². The molecule has 0 spiro atoms. The molecule has 0 aliphatic heterocycles. The molecule has 2 nitrogen and oxygen atoms in total. The number of ketones is 1. The zero-order chi connectivity index (χ0) is 10.8. The smallest absolute Gasteiger partial charge is 0.396 e. The zero-order valence-corrected chi connectivity index (χ0v) is 7.01. The van der Waals surface area contributed by atoms with Crippen LogP contribution in [0.15, 0.2) is 24.3 Å². The summed E-state index contributed by atoms with van der Waals surface area (Å²) in [6, 6.07) is 4.84. The molecule has 0 amide bonds. The van der Waals surface area contributed by atoms with Crippen molar-refractivity contribution in [3.05, 3.63) is 29.8 Å². The fourth-order valence-corrected chi connectivity index (χ4v) is 0.963. The minimum absolute atomic E-state index is 0.137. The summed E-state index contributed by atoms with van der Waals surface area (Å²) in [4.78, 5) is 11.0. The molecule has 1 rings (SSSR count). The number of hydrogen-bond acceptors (Lipinski definition) is 2. The van der Waals surface area contributed by atoms with E-state index in [2.05, 4.69) is 0 Å². The van der Waals surface area contributed by atoms with Crippen molar-refractivity contribution in [2.24, 2.45) is 0 Å². The van der Waals surface area contributed by atoms with Crippen LogP contribution in [0.25, 0.3) is 0 Å². The van der Waals surface area contributed by atoms with Gasteiger partial charge in [0.15, 0.2) is 5.78 Å². The molecule has 0 saturated heterocycles. The van der Waals surface area contributed by atoms with E-state index in [-0.39, 0.29) is 11.3 Å². The average Bonchev–Trinajstić information content (AvgIpc) is 2.01. The van der Waals surface area contributed by atoms with Crippen molar-refractivity contribution in [3.63, 3.8) is 0 Å². The second-order valence-electron chi connectivity index (χ2n) is 2.77. The van der Waals surface area contributed by atoms with Crippen LogP contribution < -0.4 is 0 Å². The minimum Gasteiger partial charge on any atom is -0.508 e. The Balaban J connectivity index is 2.80. The molecule has 1 aromatic carbocycles. The van der Waals surface area contributed by atoms with E-state index in [4.69, 9.17) is 5.11 Å². The largest absolute Gasteiger partial charge is 0.508 e. The molecule has 0 aliphatic carbocycles. The molecule has 76 valence electrons. The molecule has 0 radical (unpaired) electrons. The van der Waals surface area contributed by atoms with Gasteiger partial charge in [-0.25, -0.2) is 0 Å². The van der Waals surface area contributed by atoms with Gasteiger partial charge >= 0.3 is 6.18 Å². The lowest BCUT2D eigenvalue weighted by Crippen LogP contribution is -2.14. The van der Waals surface area contributed by atoms with Gasteiger partial charge in [0, 0.05) is 5.56 Å². The molecule has 0 aliphatic rings. The maximum atomic E-state index is 11.8. The van der Waals surface area contributed by atoms with Gasteiger partial charge in [-0.05, 0) is 12.1 Å². The van der Waals surface area contributed by atoms with Gasteiger partial charge < -0.3 is 5.11 Å². The first-order valence-electron chi connectivity index (χ1n) is 3.77. The van der Waals surface area contributed by atoms with Gasteiger partial charge in [0.2, 0.25) is 0 Å². The van der Waals surface area contributed by atoms with Crippen molar-refractivity contribution in [2.45, 2.75) is 12.6 Å². The lowest BCUT2D eigenvalue weighted by molar-refractivity contribution is -0.125. The van der Waals surface area contributed by atoms with E-state index in [0.29, 0.717) is 0 Å². The van der Waals surface area contributed by atoms with Crippen molar-refractivity contribution < 1.29 is 23.1 Å². The Labute approximate surface area is 78.0 Å². The Kier molecular flexibility index (Phi) is 2.78. The summed E-state index contributed by atoms with van der Waals surface area (Å²) >= 11 is 0. The number of benzene rings is 1. The molecule has 14 heavy (non-hydrogen) atoms. The lowest BCUT2D eigenvalue weighted by atomic mass is 10.1. The topological polar surface area (TPSA) is 37.3 Å². The van der Waals surface area contributed by atoms with Crippen molar-refractivity contribution in [2.75, 3.05) is 0 Å². The van der Waals surface area contributed by atoms with Gasteiger partial charge in [-0.3, -0.25) is 4.79 Å². The second-order valence-corrected chi connectivity index (χ2v) is 2.77. The van der Waals surface area contributed by atoms with E-state index < -0.39 is 18.4 Å². The van der Waals surface area contributed by atoms with E-state index in [0.717, 1.165) is 6.07 Å². The summed E-state index contributed by atoms with van der Waals surface area (Å²) in [6.07, 6.45) is -6.01. The number of aromatic hydroxyl groups is 1. The molecule has 0 saturated carbocycles. The molecule has 1 aromatic rings. The minimum atomic E-state index is -4.51. The number of rotatable bonds is 2. The molecule has 5 heteroatoms. The zero-order valence-electron chi connectivity index (χ0n) is 7.01. The Morgan fingerprint density at radius 3 is 2.50 bits per heavy atom. The molecule has 1 N–H and O–H groups in total. The monoisotopic (exact) mass is 204 g/mol. The lowest BCUT2D eigenvalue weighted by Gasteiger charge is -2.05. The maximum absolute atomic E-state index is 11.8. The van der Waals surface area contributed by atoms with Crippen LogP contribution in [0.2, 0.25) is 0 Å². The third-order valence-corrected chi connectivity index (χ3v) is 1.53. The van der Waals surface area contributed by atoms with Crippen LogP contribution in [-0.4, -0.2) is 17.1 Å². The van der Waals surface area contributed by atoms with Gasteiger partial charge in [-0.2, -0.15) is 13.2 Å². The molecule has 0 fully saturated rings. The number of Topliss-reactive ketones (excluding diaryl/α,β-unsaturated/α-hetero) is 1. The summed E-state index contributed by atoms with van der Waals surface area (Å²) in [5.41, 5.74) is -0.137. The number of halogens is 3. The normalized spacial score (nSPS) is 11.4. The number of carbonyl (C=O) groups excluding carboxylic acids is 1. The molecule has 0 atom stereocenters. The predicted octanol–water partition coefficient (Wildman–Crippen LogP) is 2.53. The quantitative estimate of drug-likeness (QED) is 0.751. The Morgan fingerprint density at radius 1 is 1.36 bits per heavy atom. The highest BCUT2D eigenvalue weighted by molar-refractivity contribution is 5.96. The van der Waals surface area contributed by atoms with Crippen LogP contribution >= 0.6 is 0 Å². The van der Waals surface area contributed by atoms with Gasteiger partial charge in [0.05, 0.1) is 0 Å². The van der Waals surface area contributed by atoms with Gasteiger partial charge in [-0.1, -0.05) is 12.1 Å². The summed E-state index contributed by atoms with van der Waals surface area (Å²) in [6.45, 7) is 0. The number of hydrogen-bond donors (Lipinski definition) is 1. The van der Waals surface area contributed by atoms with E-state index in [9.17, 15) is 18.0 Å². The fourth-order valence-electron chi connectivity index (χ4n) is 0.963. The summed E-state index contributed by atoms with van der Waals surface area (Å²) in [7, 11) is 0. The first kappa shape index (κ1) is 10.6. The average molecular weight is 204 g/mol. The molecule has 0 unspecified atom stereocenters. The highest BCUT2D eigenvalue weighted by Crippen LogP contribution is 2.23. The Bertz CT molecular complexity index is 344. The molecule has 0 aromatic heterocycles. The first-order valence-corrected chi connectivity index (χ1v) is 3.77. The second kappa shape index (κ2) is 3.69. The van der Waals surface area contributed by atoms with Crippen LogP contribution in [0.4, 0.5) is 13.2 Å².